The third-order valence-corrected chi connectivity index (χ3v) is 1.69. The molecule has 0 atom stereocenters. The van der Waals surface area contributed by atoms with Gasteiger partial charge in [0.15, 0.2) is 5.92 Å². The van der Waals surface area contributed by atoms with Gasteiger partial charge in [0.1, 0.15) is 0 Å². The molecule has 0 heterocycles. The molecule has 0 aliphatic rings. The molecule has 0 aromatic carbocycles. The van der Waals surface area contributed by atoms with E-state index >= 15 is 0 Å². The molecule has 0 saturated heterocycles. The monoisotopic (exact) mass is 568 g/mol. The average molecular weight is 569 g/mol. The van der Waals surface area contributed by atoms with E-state index in [9.17, 15) is 18.0 Å². The van der Waals surface area contributed by atoms with Gasteiger partial charge in [-0.3, -0.25) is 14.1 Å². The first-order valence-electron chi connectivity index (χ1n) is 5.98. The Morgan fingerprint density at radius 3 is 1.40 bits per heavy atom. The molecule has 0 radical (unpaired) electrons. The summed E-state index contributed by atoms with van der Waals surface area (Å²) in [7, 11) is 0.0487. The van der Waals surface area contributed by atoms with Gasteiger partial charge in [-0.25, -0.2) is 0 Å². The van der Waals surface area contributed by atoms with Crippen molar-refractivity contribution in [1.82, 2.24) is 4.90 Å². The Hall–Kier alpha value is -1.10. The normalized spacial score (nSPS) is 8.24. The van der Waals surface area contributed by atoms with Crippen molar-refractivity contribution in [3.63, 3.8) is 0 Å². The number of carboxylic acids is 2. The zero-order valence-corrected chi connectivity index (χ0v) is 17.9. The van der Waals surface area contributed by atoms with Crippen LogP contribution in [0.15, 0.2) is 26.3 Å². The van der Waals surface area contributed by atoms with Crippen LogP contribution in [0.4, 0.5) is 0 Å². The van der Waals surface area contributed by atoms with Crippen LogP contribution in [0.1, 0.15) is 12.8 Å². The Bertz CT molecular complexity index is 382. The van der Waals surface area contributed by atoms with E-state index in [4.69, 9.17) is 14.8 Å². The summed E-state index contributed by atoms with van der Waals surface area (Å²) in [5.41, 5.74) is 0. The third kappa shape index (κ3) is 60.1. The van der Waals surface area contributed by atoms with Crippen LogP contribution in [-0.2, 0) is 40.8 Å². The van der Waals surface area contributed by atoms with Crippen LogP contribution >= 0.6 is 0 Å². The summed E-state index contributed by atoms with van der Waals surface area (Å²) in [5.74, 6) is -3.78. The molecule has 0 amide bonds. The first kappa shape index (κ1) is 43.9. The fourth-order valence-electron chi connectivity index (χ4n) is 0.964. The molecule has 0 fully saturated rings. The second-order valence-corrected chi connectivity index (χ2v) is 5.37. The predicted octanol–water partition coefficient (Wildman–Crippen LogP) is 2.65. The molecule has 10 nitrogen and oxygen atoms in total. The van der Waals surface area contributed by atoms with Crippen LogP contribution in [0, 0.1) is 5.92 Å². The maximum absolute atomic E-state index is 10.4. The number of nitrogens with two attached hydrogens (primary N) is 2. The number of nitrogens with zero attached hydrogens (tertiary/aromatic N) is 1. The molecule has 0 saturated carbocycles. The molecule has 0 aromatic heterocycles. The number of aliphatic carboxylic acids is 2. The van der Waals surface area contributed by atoms with E-state index in [1.165, 1.54) is 0 Å². The van der Waals surface area contributed by atoms with Crippen LogP contribution in [0.25, 0.3) is 12.3 Å². The molecule has 7 N–H and O–H groups in total. The molecule has 156 valence electrons. The second kappa shape index (κ2) is 27.7. The van der Waals surface area contributed by atoms with Gasteiger partial charge in [-0.1, -0.05) is 0 Å². The Labute approximate surface area is 165 Å². The van der Waals surface area contributed by atoms with Crippen molar-refractivity contribution < 1.29 is 53.8 Å². The molecule has 0 bridgehead atoms. The van der Waals surface area contributed by atoms with Gasteiger partial charge >= 0.3 is 33.0 Å². The summed E-state index contributed by atoms with van der Waals surface area (Å²) >= 11 is 0. The summed E-state index contributed by atoms with van der Waals surface area (Å²) in [6.07, 6.45) is 1.48. The summed E-state index contributed by atoms with van der Waals surface area (Å²) in [4.78, 5) is 22.7. The molecular weight excluding hydrogens is 537 g/mol. The zero-order valence-electron chi connectivity index (χ0n) is 14.8. The van der Waals surface area contributed by atoms with Crippen LogP contribution < -0.4 is 0 Å². The molecule has 0 unspecified atom stereocenters. The van der Waals surface area contributed by atoms with Crippen LogP contribution in [0.3, 0.4) is 0 Å². The fraction of sp³-hybridized carbons (Fsp3) is 0.538. The minimum atomic E-state index is -3.67. The number of carbonyl (C=O) groups is 2. The van der Waals surface area contributed by atoms with Crippen molar-refractivity contribution in [2.24, 2.45) is 5.92 Å². The molecule has 0 aliphatic carbocycles. The van der Waals surface area contributed by atoms with Crippen LogP contribution in [0.2, 0.25) is 0 Å². The van der Waals surface area contributed by atoms with Crippen molar-refractivity contribution >= 4 is 22.1 Å². The van der Waals surface area contributed by atoms with Gasteiger partial charge in [0.2, 0.25) is 0 Å². The van der Waals surface area contributed by atoms with Gasteiger partial charge in [-0.2, -0.15) is 8.42 Å². The molecule has 25 heavy (non-hydrogen) atoms. The van der Waals surface area contributed by atoms with Gasteiger partial charge in [-0.05, 0) is 33.5 Å². The van der Waals surface area contributed by atoms with E-state index in [0.29, 0.717) is 19.2 Å². The maximum Gasteiger partial charge on any atom is 2.00 e. The molecular formula is C13H31N3O7PtS. The van der Waals surface area contributed by atoms with Crippen molar-refractivity contribution in [1.29, 1.82) is 0 Å². The Morgan fingerprint density at radius 2 is 1.24 bits per heavy atom. The maximum atomic E-state index is 10.4. The second-order valence-electron chi connectivity index (χ2n) is 3.91. The minimum absolute atomic E-state index is 0. The summed E-state index contributed by atoms with van der Waals surface area (Å²) < 4.78 is 25.9. The van der Waals surface area contributed by atoms with Gasteiger partial charge in [-0.15, -0.1) is 26.3 Å². The number of hydrogen-bond donors (Lipinski definition) is 3. The molecule has 0 rings (SSSR count). The minimum Gasteiger partial charge on any atom is -0.693 e. The molecule has 0 spiro atoms. The SMILES string of the molecule is C=C.C=C.CN(C)CCCC(C(=O)O)C(=O)O.CS(=O)(=O)O.[NH2-].[NH2-].[Pt+2]. The Balaban J connectivity index is -0.0000000463. The van der Waals surface area contributed by atoms with E-state index in [1.807, 2.05) is 19.0 Å². The number of hydrogen-bond acceptors (Lipinski definition) is 5. The van der Waals surface area contributed by atoms with E-state index < -0.39 is 28.0 Å². The standard InChI is InChI=1S/C8H15NO4.2C2H4.CH4O3S.2H2N.Pt/c1-9(2)5-3-4-6(7(10)11)8(12)13;2*1-2;1-5(2,3)4;;;/h6H,3-5H2,1-2H3,(H,10,11)(H,12,13);2*1-2H2;1H3,(H,2,3,4);2*1H2;/q;;;;2*-1;+2. The third-order valence-electron chi connectivity index (χ3n) is 1.69. The van der Waals surface area contributed by atoms with Crippen molar-refractivity contribution in [2.75, 3.05) is 26.9 Å². The molecule has 0 aliphatic heterocycles. The van der Waals surface area contributed by atoms with Gasteiger partial charge in [0, 0.05) is 0 Å². The van der Waals surface area contributed by atoms with Crippen molar-refractivity contribution in [3.8, 4) is 0 Å². The van der Waals surface area contributed by atoms with E-state index in [1.54, 1.807) is 0 Å². The van der Waals surface area contributed by atoms with Gasteiger partial charge < -0.3 is 27.4 Å². The van der Waals surface area contributed by atoms with E-state index in [0.717, 1.165) is 0 Å². The van der Waals surface area contributed by atoms with Gasteiger partial charge in [0.05, 0.1) is 6.26 Å². The number of carboxylic acid groups (broad SMARTS) is 2. The topological polar surface area (TPSA) is 199 Å². The zero-order chi connectivity index (χ0) is 18.9. The largest absolute Gasteiger partial charge is 2.00 e. The molecule has 0 aromatic rings. The van der Waals surface area contributed by atoms with E-state index in [-0.39, 0.29) is 39.8 Å². The average Bonchev–Trinajstić information content (AvgIpc) is 2.36. The Kier molecular flexibility index (Phi) is 48.7. The smallest absolute Gasteiger partial charge is 0.693 e. The number of rotatable bonds is 6. The van der Waals surface area contributed by atoms with Crippen molar-refractivity contribution in [2.45, 2.75) is 12.8 Å². The van der Waals surface area contributed by atoms with Gasteiger partial charge in [0.25, 0.3) is 10.1 Å². The van der Waals surface area contributed by atoms with Crippen molar-refractivity contribution in [3.05, 3.63) is 38.6 Å². The first-order valence-corrected chi connectivity index (χ1v) is 7.82. The predicted molar refractivity (Wildman–Crippen MR) is 97.1 cm³/mol. The summed E-state index contributed by atoms with van der Waals surface area (Å²) in [5, 5.41) is 17.0. The summed E-state index contributed by atoms with van der Waals surface area (Å²) in [6, 6.07) is 0. The quantitative estimate of drug-likeness (QED) is 0.247. The Morgan fingerprint density at radius 1 is 1.00 bits per heavy atom. The first-order chi connectivity index (χ1) is 9.95. The summed E-state index contributed by atoms with van der Waals surface area (Å²) in [6.45, 7) is 12.7. The van der Waals surface area contributed by atoms with E-state index in [2.05, 4.69) is 26.3 Å². The van der Waals surface area contributed by atoms with Crippen LogP contribution in [-0.4, -0.2) is 66.9 Å². The molecule has 12 heteroatoms. The van der Waals surface area contributed by atoms with Crippen LogP contribution in [0.5, 0.6) is 0 Å². The fourth-order valence-corrected chi connectivity index (χ4v) is 0.964.